The highest BCUT2D eigenvalue weighted by molar-refractivity contribution is 6.30. The van der Waals surface area contributed by atoms with E-state index >= 15 is 0 Å². The molecule has 140 valence electrons. The maximum atomic E-state index is 12.9. The van der Waals surface area contributed by atoms with Crippen LogP contribution in [0.3, 0.4) is 0 Å². The number of pyridine rings is 1. The summed E-state index contributed by atoms with van der Waals surface area (Å²) in [4.78, 5) is 35.3. The minimum atomic E-state index is -0.160. The van der Waals surface area contributed by atoms with Gasteiger partial charge in [-0.2, -0.15) is 0 Å². The molecule has 0 saturated heterocycles. The quantitative estimate of drug-likeness (QED) is 0.570. The van der Waals surface area contributed by atoms with Crippen molar-refractivity contribution in [1.82, 2.24) is 19.3 Å². The second kappa shape index (κ2) is 6.49. The third-order valence-corrected chi connectivity index (χ3v) is 5.53. The number of amides is 1. The number of hydrogen-bond acceptors (Lipinski definition) is 3. The fraction of sp³-hybridized carbons (Fsp3) is 0.190. The zero-order valence-electron chi connectivity index (χ0n) is 15.0. The average Bonchev–Trinajstić information content (AvgIpc) is 3.11. The molecule has 4 heterocycles. The number of carbonyl (C=O) groups excluding carboxylic acids is 1. The highest BCUT2D eigenvalue weighted by atomic mass is 35.5. The number of aromatic nitrogens is 3. The molecule has 28 heavy (non-hydrogen) atoms. The first kappa shape index (κ1) is 17.0. The Labute approximate surface area is 165 Å². The number of para-hydroxylation sites is 1. The van der Waals surface area contributed by atoms with Crippen molar-refractivity contribution in [3.63, 3.8) is 0 Å². The van der Waals surface area contributed by atoms with Crippen LogP contribution in [-0.2, 0) is 24.2 Å². The Kier molecular flexibility index (Phi) is 3.94. The molecule has 1 aliphatic rings. The third-order valence-electron chi connectivity index (χ3n) is 5.30. The fourth-order valence-electron chi connectivity index (χ4n) is 3.84. The molecule has 0 fully saturated rings. The molecule has 7 heteroatoms. The number of halogens is 1. The molecular weight excluding hydrogens is 376 g/mol. The van der Waals surface area contributed by atoms with E-state index in [-0.39, 0.29) is 18.0 Å². The molecule has 0 atom stereocenters. The van der Waals surface area contributed by atoms with Crippen molar-refractivity contribution < 1.29 is 4.79 Å². The minimum absolute atomic E-state index is 0.00555. The van der Waals surface area contributed by atoms with E-state index in [1.54, 1.807) is 23.2 Å². The number of nitrogens with one attached hydrogen (secondary N) is 1. The lowest BCUT2D eigenvalue weighted by Crippen LogP contribution is -2.40. The summed E-state index contributed by atoms with van der Waals surface area (Å²) in [6, 6.07) is 11.4. The van der Waals surface area contributed by atoms with Gasteiger partial charge in [-0.3, -0.25) is 14.0 Å². The van der Waals surface area contributed by atoms with Gasteiger partial charge in [0, 0.05) is 36.3 Å². The van der Waals surface area contributed by atoms with Crippen molar-refractivity contribution in [3.05, 3.63) is 81.0 Å². The molecule has 1 amide bonds. The first-order valence-electron chi connectivity index (χ1n) is 9.12. The first-order chi connectivity index (χ1) is 13.6. The van der Waals surface area contributed by atoms with Crippen LogP contribution in [-0.4, -0.2) is 31.7 Å². The predicted octanol–water partition coefficient (Wildman–Crippen LogP) is 2.96. The van der Waals surface area contributed by atoms with E-state index < -0.39 is 0 Å². The van der Waals surface area contributed by atoms with E-state index in [0.717, 1.165) is 22.2 Å². The largest absolute Gasteiger partial charge is 0.361 e. The number of rotatable bonds is 2. The molecule has 1 aliphatic heterocycles. The number of aromatic amines is 1. The Morgan fingerprint density at radius 2 is 2.07 bits per heavy atom. The maximum absolute atomic E-state index is 12.9. The molecule has 0 spiro atoms. The predicted molar refractivity (Wildman–Crippen MR) is 108 cm³/mol. The number of carbonyl (C=O) groups is 1. The molecule has 3 aromatic heterocycles. The monoisotopic (exact) mass is 392 g/mol. The second-order valence-electron chi connectivity index (χ2n) is 7.02. The van der Waals surface area contributed by atoms with E-state index in [0.29, 0.717) is 35.6 Å². The lowest BCUT2D eigenvalue weighted by atomic mass is 10.0. The van der Waals surface area contributed by atoms with Gasteiger partial charge in [-0.15, -0.1) is 0 Å². The second-order valence-corrected chi connectivity index (χ2v) is 7.46. The minimum Gasteiger partial charge on any atom is -0.361 e. The Morgan fingerprint density at radius 1 is 1.21 bits per heavy atom. The molecule has 0 saturated carbocycles. The topological polar surface area (TPSA) is 70.5 Å². The van der Waals surface area contributed by atoms with E-state index in [9.17, 15) is 9.59 Å². The summed E-state index contributed by atoms with van der Waals surface area (Å²) < 4.78 is 1.45. The summed E-state index contributed by atoms with van der Waals surface area (Å²) >= 11 is 6.03. The van der Waals surface area contributed by atoms with Gasteiger partial charge in [0.15, 0.2) is 0 Å². The molecule has 1 N–H and O–H groups in total. The van der Waals surface area contributed by atoms with Gasteiger partial charge in [0.25, 0.3) is 5.56 Å². The van der Waals surface area contributed by atoms with Crippen LogP contribution in [0.4, 0.5) is 0 Å². The molecule has 0 radical (unpaired) electrons. The van der Waals surface area contributed by atoms with Gasteiger partial charge >= 0.3 is 0 Å². The summed E-state index contributed by atoms with van der Waals surface area (Å²) in [6.07, 6.45) is 4.32. The van der Waals surface area contributed by atoms with Crippen LogP contribution < -0.4 is 5.56 Å². The van der Waals surface area contributed by atoms with Crippen molar-refractivity contribution >= 4 is 34.1 Å². The smallest absolute Gasteiger partial charge is 0.263 e. The number of nitrogens with zero attached hydrogens (tertiary/aromatic N) is 3. The zero-order chi connectivity index (χ0) is 19.3. The van der Waals surface area contributed by atoms with Crippen LogP contribution in [0.25, 0.3) is 16.6 Å². The summed E-state index contributed by atoms with van der Waals surface area (Å²) in [6.45, 7) is 0.836. The van der Waals surface area contributed by atoms with Gasteiger partial charge in [0.1, 0.15) is 5.65 Å². The third kappa shape index (κ3) is 2.77. The van der Waals surface area contributed by atoms with Gasteiger partial charge < -0.3 is 9.88 Å². The lowest BCUT2D eigenvalue weighted by molar-refractivity contribution is -0.131. The summed E-state index contributed by atoms with van der Waals surface area (Å²) in [5.74, 6) is 0.00555. The Hall–Kier alpha value is -3.12. The standard InChI is InChI=1S/C21H17ClN4O2/c22-14-5-6-19-24-18-7-8-25(12-16(18)21(28)26(19)11-14)20(27)9-13-10-23-17-4-2-1-3-15(13)17/h1-6,10-11,23H,7-9,12H2. The first-order valence-corrected chi connectivity index (χ1v) is 9.50. The summed E-state index contributed by atoms with van der Waals surface area (Å²) in [5.41, 5.74) is 3.73. The summed E-state index contributed by atoms with van der Waals surface area (Å²) in [7, 11) is 0. The van der Waals surface area contributed by atoms with Crippen LogP contribution in [0.15, 0.2) is 53.6 Å². The Bertz CT molecular complexity index is 1290. The summed E-state index contributed by atoms with van der Waals surface area (Å²) in [5, 5.41) is 1.52. The van der Waals surface area contributed by atoms with Crippen molar-refractivity contribution in [2.24, 2.45) is 0 Å². The number of H-pyrrole nitrogens is 1. The number of fused-ring (bicyclic) bond motifs is 3. The highest BCUT2D eigenvalue weighted by Gasteiger charge is 2.25. The normalized spacial score (nSPS) is 13.8. The van der Waals surface area contributed by atoms with Crippen LogP contribution in [0.5, 0.6) is 0 Å². The lowest BCUT2D eigenvalue weighted by Gasteiger charge is -2.28. The number of hydrogen-bond donors (Lipinski definition) is 1. The van der Waals surface area contributed by atoms with Gasteiger partial charge in [-0.05, 0) is 23.8 Å². The zero-order valence-corrected chi connectivity index (χ0v) is 15.7. The SMILES string of the molecule is O=C(Cc1c[nH]c2ccccc12)N1CCc2nc3ccc(Cl)cn3c(=O)c2C1. The molecule has 0 unspecified atom stereocenters. The van der Waals surface area contributed by atoms with Crippen molar-refractivity contribution in [2.75, 3.05) is 6.54 Å². The Morgan fingerprint density at radius 3 is 2.96 bits per heavy atom. The van der Waals surface area contributed by atoms with Crippen molar-refractivity contribution in [1.29, 1.82) is 0 Å². The molecular formula is C21H17ClN4O2. The number of benzene rings is 1. The van der Waals surface area contributed by atoms with Crippen molar-refractivity contribution in [2.45, 2.75) is 19.4 Å². The van der Waals surface area contributed by atoms with E-state index in [1.807, 2.05) is 30.5 Å². The van der Waals surface area contributed by atoms with Crippen LogP contribution in [0, 0.1) is 0 Å². The molecule has 4 aromatic rings. The van der Waals surface area contributed by atoms with Gasteiger partial charge in [0.05, 0.1) is 29.2 Å². The highest BCUT2D eigenvalue weighted by Crippen LogP contribution is 2.21. The Balaban J connectivity index is 1.45. The van der Waals surface area contributed by atoms with Crippen molar-refractivity contribution in [3.8, 4) is 0 Å². The van der Waals surface area contributed by atoms with Gasteiger partial charge in [-0.1, -0.05) is 29.8 Å². The fourth-order valence-corrected chi connectivity index (χ4v) is 4.00. The van der Waals surface area contributed by atoms with Crippen LogP contribution in [0.1, 0.15) is 16.8 Å². The van der Waals surface area contributed by atoms with Crippen LogP contribution >= 0.6 is 11.6 Å². The maximum Gasteiger partial charge on any atom is 0.263 e. The van der Waals surface area contributed by atoms with Gasteiger partial charge in [-0.25, -0.2) is 4.98 Å². The van der Waals surface area contributed by atoms with E-state index in [4.69, 9.17) is 11.6 Å². The molecule has 6 nitrogen and oxygen atoms in total. The van der Waals surface area contributed by atoms with Crippen LogP contribution in [0.2, 0.25) is 5.02 Å². The van der Waals surface area contributed by atoms with E-state index in [2.05, 4.69) is 9.97 Å². The molecule has 5 rings (SSSR count). The van der Waals surface area contributed by atoms with E-state index in [1.165, 1.54) is 4.40 Å². The van der Waals surface area contributed by atoms with Gasteiger partial charge in [0.2, 0.25) is 5.91 Å². The molecule has 1 aromatic carbocycles. The molecule has 0 aliphatic carbocycles. The molecule has 0 bridgehead atoms. The average molecular weight is 393 g/mol.